The van der Waals surface area contributed by atoms with Gasteiger partial charge >= 0.3 is 5.97 Å². The van der Waals surface area contributed by atoms with Crippen LogP contribution < -0.4 is 5.32 Å². The van der Waals surface area contributed by atoms with Crippen LogP contribution in [-0.4, -0.2) is 17.0 Å². The lowest BCUT2D eigenvalue weighted by molar-refractivity contribution is 0.0692. The zero-order chi connectivity index (χ0) is 17.4. The van der Waals surface area contributed by atoms with Crippen molar-refractivity contribution in [3.8, 4) is 11.1 Å². The molecule has 3 aromatic carbocycles. The molecule has 1 aliphatic carbocycles. The van der Waals surface area contributed by atoms with Crippen LogP contribution in [0.4, 0.5) is 5.69 Å². The van der Waals surface area contributed by atoms with Gasteiger partial charge in [-0.25, -0.2) is 4.79 Å². The first kappa shape index (κ1) is 15.1. The molecule has 0 saturated heterocycles. The van der Waals surface area contributed by atoms with E-state index in [0.29, 0.717) is 5.69 Å². The number of nitrogens with one attached hydrogen (secondary N) is 1. The van der Waals surface area contributed by atoms with Crippen LogP contribution in [0, 0.1) is 0 Å². The van der Waals surface area contributed by atoms with E-state index >= 15 is 0 Å². The fourth-order valence-corrected chi connectivity index (χ4v) is 3.29. The van der Waals surface area contributed by atoms with E-state index in [-0.39, 0.29) is 11.1 Å². The Morgan fingerprint density at radius 3 is 2.28 bits per heavy atom. The van der Waals surface area contributed by atoms with Gasteiger partial charge in [-0.2, -0.15) is 0 Å². The van der Waals surface area contributed by atoms with Crippen molar-refractivity contribution in [1.29, 1.82) is 0 Å². The standard InChI is InChI=1S/C21H15NO3/c23-20(18-7-3-4-8-19(18)21(24)25)22-15-9-10-17-14(12-15)11-13-5-1-2-6-16(13)17/h1-10,12H,11H2,(H,22,23)(H,24,25). The Hall–Kier alpha value is -3.40. The summed E-state index contributed by atoms with van der Waals surface area (Å²) in [5, 5.41) is 12.0. The van der Waals surface area contributed by atoms with E-state index in [1.54, 1.807) is 12.1 Å². The number of aromatic carboxylic acids is 1. The Morgan fingerprint density at radius 1 is 0.800 bits per heavy atom. The summed E-state index contributed by atoms with van der Waals surface area (Å²) in [5.41, 5.74) is 5.65. The summed E-state index contributed by atoms with van der Waals surface area (Å²) in [5.74, 6) is -1.54. The molecule has 4 rings (SSSR count). The van der Waals surface area contributed by atoms with Crippen LogP contribution in [0.2, 0.25) is 0 Å². The van der Waals surface area contributed by atoms with Gasteiger partial charge < -0.3 is 10.4 Å². The van der Waals surface area contributed by atoms with Gasteiger partial charge in [-0.15, -0.1) is 0 Å². The summed E-state index contributed by atoms with van der Waals surface area (Å²) in [6.07, 6.45) is 0.834. The molecule has 0 unspecified atom stereocenters. The van der Waals surface area contributed by atoms with Gasteiger partial charge in [-0.1, -0.05) is 42.5 Å². The Bertz CT molecular complexity index is 1010. The van der Waals surface area contributed by atoms with Crippen LogP contribution in [-0.2, 0) is 6.42 Å². The number of carboxylic acids is 1. The fraction of sp³-hybridized carbons (Fsp3) is 0.0476. The molecule has 0 radical (unpaired) electrons. The molecule has 1 amide bonds. The van der Waals surface area contributed by atoms with Gasteiger partial charge in [0.25, 0.3) is 5.91 Å². The van der Waals surface area contributed by atoms with Crippen LogP contribution in [0.25, 0.3) is 11.1 Å². The summed E-state index contributed by atoms with van der Waals surface area (Å²) in [4.78, 5) is 23.8. The zero-order valence-electron chi connectivity index (χ0n) is 13.3. The lowest BCUT2D eigenvalue weighted by Gasteiger charge is -2.09. The number of fused-ring (bicyclic) bond motifs is 3. The average Bonchev–Trinajstić information content (AvgIpc) is 2.99. The third kappa shape index (κ3) is 2.68. The summed E-state index contributed by atoms with van der Waals surface area (Å²) >= 11 is 0. The Kier molecular flexibility index (Phi) is 3.58. The normalized spacial score (nSPS) is 11.5. The number of amides is 1. The third-order valence-electron chi connectivity index (χ3n) is 4.45. The number of carboxylic acid groups (broad SMARTS) is 1. The van der Waals surface area contributed by atoms with Crippen LogP contribution in [0.5, 0.6) is 0 Å². The first-order chi connectivity index (χ1) is 12.1. The molecule has 0 aromatic heterocycles. The number of benzene rings is 3. The Morgan fingerprint density at radius 2 is 1.48 bits per heavy atom. The highest BCUT2D eigenvalue weighted by molar-refractivity contribution is 6.10. The molecule has 0 atom stereocenters. The highest BCUT2D eigenvalue weighted by Crippen LogP contribution is 2.37. The molecule has 0 bridgehead atoms. The van der Waals surface area contributed by atoms with E-state index in [2.05, 4.69) is 17.4 Å². The number of carbonyl (C=O) groups is 2. The average molecular weight is 329 g/mol. The lowest BCUT2D eigenvalue weighted by atomic mass is 10.0. The minimum atomic E-state index is -1.12. The number of anilines is 1. The van der Waals surface area contributed by atoms with Crippen molar-refractivity contribution in [3.63, 3.8) is 0 Å². The highest BCUT2D eigenvalue weighted by atomic mass is 16.4. The second kappa shape index (κ2) is 5.91. The second-order valence-corrected chi connectivity index (χ2v) is 6.01. The molecule has 4 nitrogen and oxygen atoms in total. The highest BCUT2D eigenvalue weighted by Gasteiger charge is 2.19. The van der Waals surface area contributed by atoms with E-state index in [1.807, 2.05) is 30.3 Å². The summed E-state index contributed by atoms with van der Waals surface area (Å²) in [6, 6.07) is 20.3. The van der Waals surface area contributed by atoms with Crippen molar-refractivity contribution in [2.45, 2.75) is 6.42 Å². The van der Waals surface area contributed by atoms with Gasteiger partial charge in [-0.05, 0) is 52.9 Å². The van der Waals surface area contributed by atoms with Gasteiger partial charge in [-0.3, -0.25) is 4.79 Å². The third-order valence-corrected chi connectivity index (χ3v) is 4.45. The maximum atomic E-state index is 12.5. The van der Waals surface area contributed by atoms with Crippen LogP contribution in [0.15, 0.2) is 66.7 Å². The molecule has 0 heterocycles. The predicted octanol–water partition coefficient (Wildman–Crippen LogP) is 4.21. The predicted molar refractivity (Wildman–Crippen MR) is 96.0 cm³/mol. The van der Waals surface area contributed by atoms with Crippen LogP contribution in [0.1, 0.15) is 31.8 Å². The van der Waals surface area contributed by atoms with Crippen molar-refractivity contribution in [1.82, 2.24) is 0 Å². The molecular weight excluding hydrogens is 314 g/mol. The maximum Gasteiger partial charge on any atom is 0.336 e. The second-order valence-electron chi connectivity index (χ2n) is 6.01. The molecule has 25 heavy (non-hydrogen) atoms. The largest absolute Gasteiger partial charge is 0.478 e. The SMILES string of the molecule is O=C(O)c1ccccc1C(=O)Nc1ccc2c(c1)Cc1ccccc1-2. The van der Waals surface area contributed by atoms with Gasteiger partial charge in [0, 0.05) is 5.69 Å². The van der Waals surface area contributed by atoms with E-state index < -0.39 is 11.9 Å². The smallest absolute Gasteiger partial charge is 0.336 e. The minimum absolute atomic E-state index is 0.00596. The lowest BCUT2D eigenvalue weighted by Crippen LogP contribution is -2.16. The van der Waals surface area contributed by atoms with E-state index in [1.165, 1.54) is 28.8 Å². The van der Waals surface area contributed by atoms with E-state index in [0.717, 1.165) is 12.0 Å². The Labute approximate surface area is 144 Å². The first-order valence-electron chi connectivity index (χ1n) is 7.98. The topological polar surface area (TPSA) is 66.4 Å². The molecule has 2 N–H and O–H groups in total. The zero-order valence-corrected chi connectivity index (χ0v) is 13.3. The van der Waals surface area contributed by atoms with Crippen molar-refractivity contribution in [3.05, 3.63) is 89.0 Å². The van der Waals surface area contributed by atoms with Gasteiger partial charge in [0.05, 0.1) is 11.1 Å². The van der Waals surface area contributed by atoms with E-state index in [9.17, 15) is 14.7 Å². The van der Waals surface area contributed by atoms with Crippen LogP contribution >= 0.6 is 0 Å². The maximum absolute atomic E-state index is 12.5. The van der Waals surface area contributed by atoms with Crippen molar-refractivity contribution in [2.75, 3.05) is 5.32 Å². The Balaban J connectivity index is 1.62. The van der Waals surface area contributed by atoms with Gasteiger partial charge in [0.1, 0.15) is 0 Å². The number of hydrogen-bond donors (Lipinski definition) is 2. The monoisotopic (exact) mass is 329 g/mol. The molecule has 3 aromatic rings. The number of hydrogen-bond acceptors (Lipinski definition) is 2. The van der Waals surface area contributed by atoms with Gasteiger partial charge in [0.2, 0.25) is 0 Å². The summed E-state index contributed by atoms with van der Waals surface area (Å²) < 4.78 is 0. The summed E-state index contributed by atoms with van der Waals surface area (Å²) in [6.45, 7) is 0. The van der Waals surface area contributed by atoms with E-state index in [4.69, 9.17) is 0 Å². The van der Waals surface area contributed by atoms with Crippen molar-refractivity contribution in [2.24, 2.45) is 0 Å². The molecule has 0 spiro atoms. The fourth-order valence-electron chi connectivity index (χ4n) is 3.29. The number of rotatable bonds is 3. The molecule has 4 heteroatoms. The molecule has 122 valence electrons. The molecule has 0 saturated carbocycles. The van der Waals surface area contributed by atoms with Crippen molar-refractivity contribution >= 4 is 17.6 Å². The quantitative estimate of drug-likeness (QED) is 0.592. The van der Waals surface area contributed by atoms with Gasteiger partial charge in [0.15, 0.2) is 0 Å². The molecule has 0 fully saturated rings. The molecular formula is C21H15NO3. The minimum Gasteiger partial charge on any atom is -0.478 e. The van der Waals surface area contributed by atoms with Crippen LogP contribution in [0.3, 0.4) is 0 Å². The summed E-state index contributed by atoms with van der Waals surface area (Å²) in [7, 11) is 0. The van der Waals surface area contributed by atoms with Crippen molar-refractivity contribution < 1.29 is 14.7 Å². The molecule has 0 aliphatic heterocycles. The number of carbonyl (C=O) groups excluding carboxylic acids is 1. The first-order valence-corrected chi connectivity index (χ1v) is 7.98. The molecule has 1 aliphatic rings.